The second-order valence-electron chi connectivity index (χ2n) is 4.36. The molecule has 0 atom stereocenters. The van der Waals surface area contributed by atoms with Crippen LogP contribution in [0.2, 0.25) is 5.02 Å². The molecule has 0 unspecified atom stereocenters. The summed E-state index contributed by atoms with van der Waals surface area (Å²) in [4.78, 5) is 19.8. The van der Waals surface area contributed by atoms with E-state index in [0.29, 0.717) is 15.9 Å². The van der Waals surface area contributed by atoms with Crippen LogP contribution in [0.1, 0.15) is 11.1 Å². The fourth-order valence-corrected chi connectivity index (χ4v) is 2.33. The van der Waals surface area contributed by atoms with Crippen LogP contribution in [0.5, 0.6) is 0 Å². The monoisotopic (exact) mass is 333 g/mol. The predicted molar refractivity (Wildman–Crippen MR) is 86.7 cm³/mol. The van der Waals surface area contributed by atoms with Crippen molar-refractivity contribution in [3.8, 4) is 6.07 Å². The Morgan fingerprint density at radius 3 is 2.95 bits per heavy atom. The van der Waals surface area contributed by atoms with Gasteiger partial charge < -0.3 is 11.1 Å². The molecule has 6 nitrogen and oxygen atoms in total. The van der Waals surface area contributed by atoms with Gasteiger partial charge in [-0.2, -0.15) is 5.26 Å². The van der Waals surface area contributed by atoms with Gasteiger partial charge in [-0.1, -0.05) is 29.4 Å². The molecule has 8 heteroatoms. The SMILES string of the molecule is Cc1ccc(NC(=O)CSc2ncc(C#N)c(N)n2)cc1Cl. The van der Waals surface area contributed by atoms with Crippen LogP contribution in [0.3, 0.4) is 0 Å². The molecule has 0 radical (unpaired) electrons. The summed E-state index contributed by atoms with van der Waals surface area (Å²) in [6.07, 6.45) is 1.34. The van der Waals surface area contributed by atoms with Crippen LogP contribution in [0, 0.1) is 18.3 Å². The number of nitrogen functional groups attached to an aromatic ring is 1. The number of nitrogens with two attached hydrogens (primary N) is 1. The molecule has 3 N–H and O–H groups in total. The summed E-state index contributed by atoms with van der Waals surface area (Å²) in [7, 11) is 0. The maximum absolute atomic E-state index is 11.9. The summed E-state index contributed by atoms with van der Waals surface area (Å²) in [5.74, 6) is 0.0128. The van der Waals surface area contributed by atoms with Crippen LogP contribution in [-0.4, -0.2) is 21.6 Å². The number of nitrogens with one attached hydrogen (secondary N) is 1. The van der Waals surface area contributed by atoms with Gasteiger partial charge in [0.2, 0.25) is 5.91 Å². The number of amides is 1. The van der Waals surface area contributed by atoms with Crippen LogP contribution in [0.4, 0.5) is 11.5 Å². The van der Waals surface area contributed by atoms with Gasteiger partial charge in [-0.25, -0.2) is 9.97 Å². The van der Waals surface area contributed by atoms with E-state index in [-0.39, 0.29) is 23.0 Å². The number of carbonyl (C=O) groups is 1. The molecule has 0 aliphatic rings. The number of aromatic nitrogens is 2. The molecule has 0 saturated heterocycles. The van der Waals surface area contributed by atoms with E-state index < -0.39 is 0 Å². The Labute approximate surface area is 136 Å². The molecule has 0 saturated carbocycles. The molecule has 112 valence electrons. The van der Waals surface area contributed by atoms with Crippen molar-refractivity contribution in [2.24, 2.45) is 0 Å². The van der Waals surface area contributed by atoms with Crippen LogP contribution in [0.15, 0.2) is 29.6 Å². The van der Waals surface area contributed by atoms with Crippen molar-refractivity contribution >= 4 is 40.8 Å². The molecule has 0 aliphatic heterocycles. The molecule has 0 spiro atoms. The maximum Gasteiger partial charge on any atom is 0.234 e. The predicted octanol–water partition coefficient (Wildman–Crippen LogP) is 2.62. The molecule has 0 aliphatic carbocycles. The zero-order valence-corrected chi connectivity index (χ0v) is 13.2. The second kappa shape index (κ2) is 7.11. The average molecular weight is 334 g/mol. The summed E-state index contributed by atoms with van der Waals surface area (Å²) in [5.41, 5.74) is 7.37. The summed E-state index contributed by atoms with van der Waals surface area (Å²) in [6.45, 7) is 1.89. The minimum atomic E-state index is -0.212. The van der Waals surface area contributed by atoms with Crippen molar-refractivity contribution in [1.82, 2.24) is 9.97 Å². The largest absolute Gasteiger partial charge is 0.382 e. The number of carbonyl (C=O) groups excluding carboxylic acids is 1. The lowest BCUT2D eigenvalue weighted by Crippen LogP contribution is -2.14. The van der Waals surface area contributed by atoms with Gasteiger partial charge >= 0.3 is 0 Å². The highest BCUT2D eigenvalue weighted by molar-refractivity contribution is 7.99. The Morgan fingerprint density at radius 1 is 1.55 bits per heavy atom. The number of hydrogen-bond donors (Lipinski definition) is 2. The lowest BCUT2D eigenvalue weighted by molar-refractivity contribution is -0.113. The van der Waals surface area contributed by atoms with Gasteiger partial charge in [0.1, 0.15) is 17.5 Å². The number of halogens is 1. The highest BCUT2D eigenvalue weighted by Crippen LogP contribution is 2.21. The normalized spacial score (nSPS) is 10.0. The van der Waals surface area contributed by atoms with E-state index in [4.69, 9.17) is 22.6 Å². The lowest BCUT2D eigenvalue weighted by Gasteiger charge is -2.06. The second-order valence-corrected chi connectivity index (χ2v) is 5.71. The molecule has 1 aromatic heterocycles. The third kappa shape index (κ3) is 4.10. The smallest absolute Gasteiger partial charge is 0.234 e. The van der Waals surface area contributed by atoms with Crippen molar-refractivity contribution in [2.75, 3.05) is 16.8 Å². The van der Waals surface area contributed by atoms with E-state index >= 15 is 0 Å². The molecule has 1 heterocycles. The average Bonchev–Trinajstić information content (AvgIpc) is 2.49. The Kier molecular flexibility index (Phi) is 5.20. The first-order valence-electron chi connectivity index (χ1n) is 6.21. The van der Waals surface area contributed by atoms with Gasteiger partial charge in [-0.05, 0) is 24.6 Å². The molecule has 0 fully saturated rings. The zero-order valence-electron chi connectivity index (χ0n) is 11.6. The first-order valence-corrected chi connectivity index (χ1v) is 7.57. The highest BCUT2D eigenvalue weighted by Gasteiger charge is 2.08. The Bertz CT molecular complexity index is 759. The van der Waals surface area contributed by atoms with Gasteiger partial charge in [0.05, 0.1) is 11.9 Å². The maximum atomic E-state index is 11.9. The highest BCUT2D eigenvalue weighted by atomic mass is 35.5. The van der Waals surface area contributed by atoms with E-state index in [2.05, 4.69) is 15.3 Å². The number of hydrogen-bond acceptors (Lipinski definition) is 6. The Hall–Kier alpha value is -2.30. The van der Waals surface area contributed by atoms with E-state index in [1.165, 1.54) is 6.20 Å². The molecular formula is C14H12ClN5OS. The lowest BCUT2D eigenvalue weighted by atomic mass is 10.2. The van der Waals surface area contributed by atoms with Gasteiger partial charge in [-0.15, -0.1) is 0 Å². The minimum Gasteiger partial charge on any atom is -0.382 e. The first-order chi connectivity index (χ1) is 10.5. The number of nitriles is 1. The van der Waals surface area contributed by atoms with E-state index in [1.54, 1.807) is 12.1 Å². The zero-order chi connectivity index (χ0) is 16.1. The third-order valence-electron chi connectivity index (χ3n) is 2.70. The Balaban J connectivity index is 1.94. The quantitative estimate of drug-likeness (QED) is 0.658. The summed E-state index contributed by atoms with van der Waals surface area (Å²) < 4.78 is 0. The van der Waals surface area contributed by atoms with Gasteiger partial charge in [-0.3, -0.25) is 4.79 Å². The van der Waals surface area contributed by atoms with Crippen molar-refractivity contribution < 1.29 is 4.79 Å². The van der Waals surface area contributed by atoms with Crippen LogP contribution in [-0.2, 0) is 4.79 Å². The van der Waals surface area contributed by atoms with Crippen molar-refractivity contribution in [1.29, 1.82) is 5.26 Å². The molecule has 2 rings (SSSR count). The molecule has 0 bridgehead atoms. The topological polar surface area (TPSA) is 105 Å². The van der Waals surface area contributed by atoms with Gasteiger partial charge in [0.15, 0.2) is 5.16 Å². The first kappa shape index (κ1) is 16.1. The number of benzene rings is 1. The summed E-state index contributed by atoms with van der Waals surface area (Å²) in [6, 6.07) is 7.18. The van der Waals surface area contributed by atoms with Gasteiger partial charge in [0.25, 0.3) is 0 Å². The number of rotatable bonds is 4. The van der Waals surface area contributed by atoms with Crippen molar-refractivity contribution in [3.05, 3.63) is 40.5 Å². The molecule has 1 aromatic carbocycles. The number of nitrogens with zero attached hydrogens (tertiary/aromatic N) is 3. The third-order valence-corrected chi connectivity index (χ3v) is 3.97. The van der Waals surface area contributed by atoms with E-state index in [1.807, 2.05) is 19.1 Å². The number of aryl methyl sites for hydroxylation is 1. The standard InChI is InChI=1S/C14H12ClN5OS/c1-8-2-3-10(4-11(8)15)19-12(21)7-22-14-18-6-9(5-16)13(17)20-14/h2-4,6H,7H2,1H3,(H,19,21)(H2,17,18,20). The van der Waals surface area contributed by atoms with Crippen LogP contribution >= 0.6 is 23.4 Å². The molecule has 2 aromatic rings. The molecule has 22 heavy (non-hydrogen) atoms. The van der Waals surface area contributed by atoms with Crippen LogP contribution < -0.4 is 11.1 Å². The van der Waals surface area contributed by atoms with E-state index in [9.17, 15) is 4.79 Å². The fraction of sp³-hybridized carbons (Fsp3) is 0.143. The van der Waals surface area contributed by atoms with E-state index in [0.717, 1.165) is 17.3 Å². The van der Waals surface area contributed by atoms with Crippen LogP contribution in [0.25, 0.3) is 0 Å². The molecule has 1 amide bonds. The van der Waals surface area contributed by atoms with Crippen molar-refractivity contribution in [3.63, 3.8) is 0 Å². The number of anilines is 2. The van der Waals surface area contributed by atoms with Gasteiger partial charge in [0, 0.05) is 10.7 Å². The fourth-order valence-electron chi connectivity index (χ4n) is 1.53. The summed E-state index contributed by atoms with van der Waals surface area (Å²) >= 11 is 7.13. The Morgan fingerprint density at radius 2 is 2.32 bits per heavy atom. The molecular weight excluding hydrogens is 322 g/mol. The van der Waals surface area contributed by atoms with Crippen molar-refractivity contribution in [2.45, 2.75) is 12.1 Å². The summed E-state index contributed by atoms with van der Waals surface area (Å²) in [5, 5.41) is 12.4. The number of thioether (sulfide) groups is 1. The minimum absolute atomic E-state index is 0.103.